The minimum atomic E-state index is -0.186. The summed E-state index contributed by atoms with van der Waals surface area (Å²) in [5.74, 6) is 0.333. The first-order valence-corrected chi connectivity index (χ1v) is 9.02. The number of hydrogen-bond acceptors (Lipinski definition) is 5. The van der Waals surface area contributed by atoms with Gasteiger partial charge in [0.1, 0.15) is 0 Å². The highest BCUT2D eigenvalue weighted by Crippen LogP contribution is 2.34. The van der Waals surface area contributed by atoms with Gasteiger partial charge in [0.15, 0.2) is 0 Å². The van der Waals surface area contributed by atoms with E-state index in [-0.39, 0.29) is 11.5 Å². The van der Waals surface area contributed by atoms with E-state index in [1.807, 2.05) is 19.1 Å². The summed E-state index contributed by atoms with van der Waals surface area (Å²) in [6.45, 7) is 4.17. The molecule has 2 saturated heterocycles. The van der Waals surface area contributed by atoms with Gasteiger partial charge in [0, 0.05) is 37.0 Å². The molecule has 2 aliphatic heterocycles. The van der Waals surface area contributed by atoms with Gasteiger partial charge in [0.05, 0.1) is 24.4 Å². The largest absolute Gasteiger partial charge is 0.478 e. The zero-order valence-corrected chi connectivity index (χ0v) is 14.8. The van der Waals surface area contributed by atoms with Crippen LogP contribution in [0.5, 0.6) is 5.88 Å². The van der Waals surface area contributed by atoms with Crippen LogP contribution < -0.4 is 15.4 Å². The van der Waals surface area contributed by atoms with E-state index in [1.165, 1.54) is 11.8 Å². The maximum absolute atomic E-state index is 12.3. The van der Waals surface area contributed by atoms with Crippen LogP contribution in [-0.2, 0) is 11.2 Å². The molecule has 0 aliphatic carbocycles. The van der Waals surface area contributed by atoms with E-state index in [9.17, 15) is 4.79 Å². The number of hydrogen-bond donors (Lipinski definition) is 2. The summed E-state index contributed by atoms with van der Waals surface area (Å²) in [5, 5.41) is 6.39. The number of nitrogens with zero attached hydrogens (tertiary/aromatic N) is 1. The summed E-state index contributed by atoms with van der Waals surface area (Å²) in [6.07, 6.45) is 3.50. The van der Waals surface area contributed by atoms with Gasteiger partial charge in [-0.15, -0.1) is 0 Å². The monoisotopic (exact) mass is 353 g/mol. The Morgan fingerprint density at radius 2 is 2.19 bits per heavy atom. The first kappa shape index (κ1) is 17.0. The lowest BCUT2D eigenvalue weighted by Crippen LogP contribution is -2.40. The minimum absolute atomic E-state index is 0.0522. The third kappa shape index (κ3) is 3.57. The molecule has 1 amide bonds. The van der Waals surface area contributed by atoms with Crippen LogP contribution in [-0.4, -0.2) is 42.3 Å². The molecule has 0 radical (unpaired) electrons. The molecule has 1 aromatic heterocycles. The molecule has 4 rings (SSSR count). The molecule has 0 unspecified atom stereocenters. The minimum Gasteiger partial charge on any atom is -0.478 e. The summed E-state index contributed by atoms with van der Waals surface area (Å²) < 4.78 is 11.3. The number of ether oxygens (including phenoxy) is 2. The Balaban J connectivity index is 1.37. The van der Waals surface area contributed by atoms with Crippen molar-refractivity contribution in [3.05, 3.63) is 53.7 Å². The van der Waals surface area contributed by atoms with Crippen molar-refractivity contribution < 1.29 is 14.3 Å². The zero-order valence-electron chi connectivity index (χ0n) is 14.8. The summed E-state index contributed by atoms with van der Waals surface area (Å²) in [5.41, 5.74) is 2.43. The second-order valence-corrected chi connectivity index (χ2v) is 6.92. The summed E-state index contributed by atoms with van der Waals surface area (Å²) >= 11 is 0. The van der Waals surface area contributed by atoms with Crippen LogP contribution >= 0.6 is 0 Å². The number of anilines is 1. The number of rotatable bonds is 6. The van der Waals surface area contributed by atoms with Gasteiger partial charge in [-0.05, 0) is 37.1 Å². The van der Waals surface area contributed by atoms with E-state index < -0.39 is 0 Å². The van der Waals surface area contributed by atoms with E-state index in [0.29, 0.717) is 24.1 Å². The third-order valence-electron chi connectivity index (χ3n) is 4.95. The summed E-state index contributed by atoms with van der Waals surface area (Å²) in [6, 6.07) is 11.9. The standard InChI is InChI=1S/C20H23N3O3/c1-2-25-18-8-5-15(11-21-18)19(24)23-16-6-3-14(4-7-16)9-20-10-17(12-26-20)22-13-20/h3-8,11,17,22H,2,9-10,12-13H2,1H3,(H,23,24)/t17-,20-/m0/s1. The molecule has 2 bridgehead atoms. The third-order valence-corrected chi connectivity index (χ3v) is 4.95. The van der Waals surface area contributed by atoms with Gasteiger partial charge >= 0.3 is 0 Å². The fraction of sp³-hybridized carbons (Fsp3) is 0.400. The van der Waals surface area contributed by atoms with Gasteiger partial charge in [-0.1, -0.05) is 12.1 Å². The average molecular weight is 353 g/mol. The number of aromatic nitrogens is 1. The van der Waals surface area contributed by atoms with Crippen LogP contribution in [0, 0.1) is 0 Å². The van der Waals surface area contributed by atoms with Crippen molar-refractivity contribution in [2.75, 3.05) is 25.1 Å². The van der Waals surface area contributed by atoms with Crippen LogP contribution in [0.15, 0.2) is 42.6 Å². The Morgan fingerprint density at radius 3 is 2.77 bits per heavy atom. The van der Waals surface area contributed by atoms with Gasteiger partial charge in [0.2, 0.25) is 5.88 Å². The van der Waals surface area contributed by atoms with E-state index in [0.717, 1.165) is 31.7 Å². The number of amides is 1. The Labute approximate surface area is 152 Å². The Bertz CT molecular complexity index is 766. The van der Waals surface area contributed by atoms with Crippen LogP contribution in [0.1, 0.15) is 29.3 Å². The van der Waals surface area contributed by atoms with Crippen LogP contribution in [0.2, 0.25) is 0 Å². The molecule has 26 heavy (non-hydrogen) atoms. The summed E-state index contributed by atoms with van der Waals surface area (Å²) in [7, 11) is 0. The van der Waals surface area contributed by atoms with E-state index >= 15 is 0 Å². The molecule has 1 aromatic carbocycles. The maximum Gasteiger partial charge on any atom is 0.257 e. The second-order valence-electron chi connectivity index (χ2n) is 6.92. The molecule has 136 valence electrons. The molecular formula is C20H23N3O3. The number of pyridine rings is 1. The predicted octanol–water partition coefficient (Wildman–Crippen LogP) is 2.41. The van der Waals surface area contributed by atoms with Gasteiger partial charge in [-0.25, -0.2) is 4.98 Å². The molecule has 2 fully saturated rings. The van der Waals surface area contributed by atoms with Crippen LogP contribution in [0.4, 0.5) is 5.69 Å². The molecule has 2 aromatic rings. The number of fused-ring (bicyclic) bond motifs is 2. The van der Waals surface area contributed by atoms with Crippen molar-refractivity contribution in [3.8, 4) is 5.88 Å². The molecule has 6 heteroatoms. The first-order chi connectivity index (χ1) is 12.7. The van der Waals surface area contributed by atoms with Crippen molar-refractivity contribution in [1.29, 1.82) is 0 Å². The van der Waals surface area contributed by atoms with Gasteiger partial charge in [-0.2, -0.15) is 0 Å². The number of carbonyl (C=O) groups is 1. The van der Waals surface area contributed by atoms with Gasteiger partial charge in [-0.3, -0.25) is 4.79 Å². The number of nitrogens with one attached hydrogen (secondary N) is 2. The average Bonchev–Trinajstić information content (AvgIpc) is 3.25. The summed E-state index contributed by atoms with van der Waals surface area (Å²) in [4.78, 5) is 16.5. The Kier molecular flexibility index (Phi) is 4.61. The fourth-order valence-electron chi connectivity index (χ4n) is 3.64. The van der Waals surface area contributed by atoms with Crippen molar-refractivity contribution in [2.24, 2.45) is 0 Å². The zero-order chi connectivity index (χ0) is 18.0. The molecule has 2 atom stereocenters. The van der Waals surface area contributed by atoms with Crippen LogP contribution in [0.3, 0.4) is 0 Å². The quantitative estimate of drug-likeness (QED) is 0.834. The highest BCUT2D eigenvalue weighted by Gasteiger charge is 2.45. The fourth-order valence-corrected chi connectivity index (χ4v) is 3.64. The predicted molar refractivity (Wildman–Crippen MR) is 98.6 cm³/mol. The molecule has 6 nitrogen and oxygen atoms in total. The molecule has 0 spiro atoms. The smallest absolute Gasteiger partial charge is 0.257 e. The molecule has 2 aliphatic rings. The molecule has 2 N–H and O–H groups in total. The highest BCUT2D eigenvalue weighted by atomic mass is 16.5. The lowest BCUT2D eigenvalue weighted by atomic mass is 9.93. The Hall–Kier alpha value is -2.44. The van der Waals surface area contributed by atoms with Gasteiger partial charge in [0.25, 0.3) is 5.91 Å². The first-order valence-electron chi connectivity index (χ1n) is 9.02. The van der Waals surface area contributed by atoms with Crippen molar-refractivity contribution in [2.45, 2.75) is 31.4 Å². The number of carbonyl (C=O) groups excluding carboxylic acids is 1. The lowest BCUT2D eigenvalue weighted by Gasteiger charge is -2.26. The van der Waals surface area contributed by atoms with E-state index in [4.69, 9.17) is 9.47 Å². The molecular weight excluding hydrogens is 330 g/mol. The van der Waals surface area contributed by atoms with E-state index in [1.54, 1.807) is 12.1 Å². The normalized spacial score (nSPS) is 23.8. The lowest BCUT2D eigenvalue weighted by molar-refractivity contribution is -0.00521. The highest BCUT2D eigenvalue weighted by molar-refractivity contribution is 6.04. The SMILES string of the molecule is CCOc1ccc(C(=O)Nc2ccc(C[C@]34CN[C@H](CO3)C4)cc2)cn1. The topological polar surface area (TPSA) is 72.5 Å². The second kappa shape index (κ2) is 7.05. The van der Waals surface area contributed by atoms with Crippen molar-refractivity contribution in [1.82, 2.24) is 10.3 Å². The van der Waals surface area contributed by atoms with Gasteiger partial charge < -0.3 is 20.1 Å². The number of benzene rings is 1. The Morgan fingerprint density at radius 1 is 1.35 bits per heavy atom. The van der Waals surface area contributed by atoms with E-state index in [2.05, 4.69) is 27.8 Å². The molecule has 0 saturated carbocycles. The van der Waals surface area contributed by atoms with Crippen molar-refractivity contribution in [3.63, 3.8) is 0 Å². The van der Waals surface area contributed by atoms with Crippen LogP contribution in [0.25, 0.3) is 0 Å². The number of morpholine rings is 1. The molecule has 3 heterocycles. The maximum atomic E-state index is 12.3. The van der Waals surface area contributed by atoms with Crippen molar-refractivity contribution >= 4 is 11.6 Å².